The first-order chi connectivity index (χ1) is 11.1. The molecule has 1 aromatic carbocycles. The summed E-state index contributed by atoms with van der Waals surface area (Å²) in [7, 11) is 0. The molecule has 0 spiro atoms. The third kappa shape index (κ3) is 4.08. The molecule has 1 fully saturated rings. The smallest absolute Gasteiger partial charge is 0.289 e. The number of carbonyl (C=O) groups is 1. The topological polar surface area (TPSA) is 42.7 Å². The van der Waals surface area contributed by atoms with Gasteiger partial charge in [0.05, 0.1) is 12.4 Å². The van der Waals surface area contributed by atoms with E-state index in [2.05, 4.69) is 0 Å². The molecule has 0 aliphatic carbocycles. The van der Waals surface area contributed by atoms with E-state index in [9.17, 15) is 4.79 Å². The Hall–Kier alpha value is -1.49. The first-order valence-electron chi connectivity index (χ1n) is 7.52. The Kier molecular flexibility index (Phi) is 5.26. The summed E-state index contributed by atoms with van der Waals surface area (Å²) < 4.78 is 10.9. The van der Waals surface area contributed by atoms with Crippen LogP contribution in [0.1, 0.15) is 29.0 Å². The van der Waals surface area contributed by atoms with Gasteiger partial charge in [0.2, 0.25) is 0 Å². The Labute approximate surface area is 144 Å². The largest absolute Gasteiger partial charge is 0.459 e. The third-order valence-corrected chi connectivity index (χ3v) is 4.43. The summed E-state index contributed by atoms with van der Waals surface area (Å²) in [5, 5.41) is 1.11. The van der Waals surface area contributed by atoms with Crippen LogP contribution in [0.4, 0.5) is 0 Å². The van der Waals surface area contributed by atoms with Gasteiger partial charge >= 0.3 is 0 Å². The average Bonchev–Trinajstić information content (AvgIpc) is 3.21. The summed E-state index contributed by atoms with van der Waals surface area (Å²) in [4.78, 5) is 14.4. The lowest BCUT2D eigenvalue weighted by molar-refractivity contribution is 0.0484. The standard InChI is InChI=1S/C17H17Cl2NO3/c18-13-6-5-12(15(19)9-13)10-20(11-14-3-1-7-22-14)17(21)16-4-2-8-23-16/h2,4-6,8-9,14H,1,3,7,10-11H2. The normalized spacial score (nSPS) is 17.4. The Morgan fingerprint density at radius 1 is 1.30 bits per heavy atom. The minimum absolute atomic E-state index is 0.0555. The third-order valence-electron chi connectivity index (χ3n) is 3.84. The fourth-order valence-electron chi connectivity index (χ4n) is 2.67. The minimum atomic E-state index is -0.170. The van der Waals surface area contributed by atoms with E-state index < -0.39 is 0 Å². The fraction of sp³-hybridized carbons (Fsp3) is 0.353. The molecule has 6 heteroatoms. The molecule has 0 N–H and O–H groups in total. The average molecular weight is 354 g/mol. The molecule has 1 unspecified atom stereocenters. The van der Waals surface area contributed by atoms with Gasteiger partial charge in [-0.25, -0.2) is 0 Å². The van der Waals surface area contributed by atoms with Crippen LogP contribution in [-0.2, 0) is 11.3 Å². The van der Waals surface area contributed by atoms with Crippen molar-refractivity contribution >= 4 is 29.1 Å². The lowest BCUT2D eigenvalue weighted by Gasteiger charge is -2.25. The van der Waals surface area contributed by atoms with Gasteiger partial charge in [0.25, 0.3) is 5.91 Å². The van der Waals surface area contributed by atoms with Gasteiger partial charge in [0.15, 0.2) is 5.76 Å². The maximum Gasteiger partial charge on any atom is 0.289 e. The highest BCUT2D eigenvalue weighted by Gasteiger charge is 2.25. The highest BCUT2D eigenvalue weighted by Crippen LogP contribution is 2.24. The number of amides is 1. The maximum absolute atomic E-state index is 12.7. The van der Waals surface area contributed by atoms with Crippen molar-refractivity contribution in [1.29, 1.82) is 0 Å². The van der Waals surface area contributed by atoms with Crippen LogP contribution in [-0.4, -0.2) is 30.1 Å². The molecule has 0 bridgehead atoms. The van der Waals surface area contributed by atoms with Crippen molar-refractivity contribution in [3.05, 3.63) is 58.0 Å². The molecule has 2 heterocycles. The Bertz CT molecular complexity index is 666. The summed E-state index contributed by atoms with van der Waals surface area (Å²) in [6.07, 6.45) is 3.53. The number of rotatable bonds is 5. The minimum Gasteiger partial charge on any atom is -0.459 e. The van der Waals surface area contributed by atoms with E-state index in [-0.39, 0.29) is 12.0 Å². The van der Waals surface area contributed by atoms with Crippen LogP contribution < -0.4 is 0 Å². The van der Waals surface area contributed by atoms with Gasteiger partial charge in [0, 0.05) is 29.7 Å². The fourth-order valence-corrected chi connectivity index (χ4v) is 3.13. The van der Waals surface area contributed by atoms with E-state index in [1.807, 2.05) is 6.07 Å². The Morgan fingerprint density at radius 3 is 2.83 bits per heavy atom. The van der Waals surface area contributed by atoms with Gasteiger partial charge in [-0.2, -0.15) is 0 Å². The molecule has 2 aromatic rings. The summed E-state index contributed by atoms with van der Waals surface area (Å²) in [6, 6.07) is 8.65. The van der Waals surface area contributed by atoms with Crippen LogP contribution in [0.15, 0.2) is 41.0 Å². The molecule has 0 saturated carbocycles. The lowest BCUT2D eigenvalue weighted by atomic mass is 10.1. The summed E-state index contributed by atoms with van der Waals surface area (Å²) in [6.45, 7) is 1.64. The van der Waals surface area contributed by atoms with Crippen molar-refractivity contribution in [3.63, 3.8) is 0 Å². The summed E-state index contributed by atoms with van der Waals surface area (Å²) >= 11 is 12.2. The second-order valence-corrected chi connectivity index (χ2v) is 6.38. The van der Waals surface area contributed by atoms with Gasteiger partial charge < -0.3 is 14.1 Å². The number of carbonyl (C=O) groups excluding carboxylic acids is 1. The van der Waals surface area contributed by atoms with Gasteiger partial charge in [0.1, 0.15) is 0 Å². The first-order valence-corrected chi connectivity index (χ1v) is 8.27. The maximum atomic E-state index is 12.7. The van der Waals surface area contributed by atoms with Crippen molar-refractivity contribution < 1.29 is 13.9 Å². The molecule has 1 aliphatic heterocycles. The number of halogens is 2. The van der Waals surface area contributed by atoms with E-state index in [1.165, 1.54) is 6.26 Å². The van der Waals surface area contributed by atoms with E-state index in [1.54, 1.807) is 29.2 Å². The molecule has 1 aliphatic rings. The number of hydrogen-bond donors (Lipinski definition) is 0. The predicted octanol–water partition coefficient (Wildman–Crippen LogP) is 4.41. The molecular weight excluding hydrogens is 337 g/mol. The zero-order chi connectivity index (χ0) is 16.2. The van der Waals surface area contributed by atoms with E-state index >= 15 is 0 Å². The van der Waals surface area contributed by atoms with Gasteiger partial charge in [-0.05, 0) is 42.7 Å². The van der Waals surface area contributed by atoms with Crippen LogP contribution >= 0.6 is 23.2 Å². The van der Waals surface area contributed by atoms with Gasteiger partial charge in [-0.15, -0.1) is 0 Å². The van der Waals surface area contributed by atoms with Crippen molar-refractivity contribution in [1.82, 2.24) is 4.90 Å². The Morgan fingerprint density at radius 2 is 2.17 bits per heavy atom. The van der Waals surface area contributed by atoms with Gasteiger partial charge in [-0.3, -0.25) is 4.79 Å². The highest BCUT2D eigenvalue weighted by atomic mass is 35.5. The molecular formula is C17H17Cl2NO3. The molecule has 1 atom stereocenters. The molecule has 3 rings (SSSR count). The van der Waals surface area contributed by atoms with Crippen molar-refractivity contribution in [3.8, 4) is 0 Å². The summed E-state index contributed by atoms with van der Waals surface area (Å²) in [5.74, 6) is 0.143. The zero-order valence-corrected chi connectivity index (χ0v) is 14.0. The predicted molar refractivity (Wildman–Crippen MR) is 88.9 cm³/mol. The Balaban J connectivity index is 1.80. The molecule has 122 valence electrons. The quantitative estimate of drug-likeness (QED) is 0.799. The van der Waals surface area contributed by atoms with E-state index in [4.69, 9.17) is 32.4 Å². The number of nitrogens with zero attached hydrogens (tertiary/aromatic N) is 1. The van der Waals surface area contributed by atoms with Crippen LogP contribution in [0.3, 0.4) is 0 Å². The molecule has 0 radical (unpaired) electrons. The first kappa shape index (κ1) is 16.4. The van der Waals surface area contributed by atoms with Crippen molar-refractivity contribution in [2.75, 3.05) is 13.2 Å². The van der Waals surface area contributed by atoms with E-state index in [0.717, 1.165) is 25.0 Å². The second-order valence-electron chi connectivity index (χ2n) is 5.53. The van der Waals surface area contributed by atoms with Crippen LogP contribution in [0, 0.1) is 0 Å². The van der Waals surface area contributed by atoms with Crippen LogP contribution in [0.2, 0.25) is 10.0 Å². The highest BCUT2D eigenvalue weighted by molar-refractivity contribution is 6.35. The van der Waals surface area contributed by atoms with Gasteiger partial charge in [-0.1, -0.05) is 29.3 Å². The number of ether oxygens (including phenoxy) is 1. The molecule has 23 heavy (non-hydrogen) atoms. The molecule has 1 aromatic heterocycles. The lowest BCUT2D eigenvalue weighted by Crippen LogP contribution is -2.36. The van der Waals surface area contributed by atoms with Crippen molar-refractivity contribution in [2.24, 2.45) is 0 Å². The zero-order valence-electron chi connectivity index (χ0n) is 12.5. The number of benzene rings is 1. The SMILES string of the molecule is O=C(c1ccco1)N(Cc1ccc(Cl)cc1Cl)CC1CCCO1. The summed E-state index contributed by atoms with van der Waals surface area (Å²) in [5.41, 5.74) is 0.842. The van der Waals surface area contributed by atoms with E-state index in [0.29, 0.717) is 28.9 Å². The second kappa shape index (κ2) is 7.39. The number of furan rings is 1. The molecule has 1 amide bonds. The van der Waals surface area contributed by atoms with Crippen LogP contribution in [0.25, 0.3) is 0 Å². The monoisotopic (exact) mass is 353 g/mol. The van der Waals surface area contributed by atoms with Crippen LogP contribution in [0.5, 0.6) is 0 Å². The molecule has 4 nitrogen and oxygen atoms in total. The molecule has 1 saturated heterocycles. The van der Waals surface area contributed by atoms with Crippen molar-refractivity contribution in [2.45, 2.75) is 25.5 Å². The number of hydrogen-bond acceptors (Lipinski definition) is 3.